The molecule has 2 aromatic carbocycles. The Morgan fingerprint density at radius 1 is 1.07 bits per heavy atom. The molecule has 1 amide bonds. The first-order valence-electron chi connectivity index (χ1n) is 8.82. The first-order chi connectivity index (χ1) is 13.7. The number of ether oxygens (including phenoxy) is 1. The summed E-state index contributed by atoms with van der Waals surface area (Å²) in [7, 11) is -2.71. The van der Waals surface area contributed by atoms with Crippen LogP contribution in [0.2, 0.25) is 0 Å². The third-order valence-corrected chi connectivity index (χ3v) is 6.68. The average Bonchev–Trinajstić information content (AvgIpc) is 2.70. The van der Waals surface area contributed by atoms with Gasteiger partial charge < -0.3 is 10.1 Å². The lowest BCUT2D eigenvalue weighted by molar-refractivity contribution is -0.120. The summed E-state index contributed by atoms with van der Waals surface area (Å²) in [5, 5.41) is 2.51. The smallest absolute Gasteiger partial charge is 0.246 e. The molecule has 0 aliphatic carbocycles. The number of halogens is 3. The molecule has 1 aliphatic rings. The molecule has 0 unspecified atom stereocenters. The summed E-state index contributed by atoms with van der Waals surface area (Å²) >= 11 is 0. The first kappa shape index (κ1) is 21.1. The van der Waals surface area contributed by atoms with E-state index in [0.717, 1.165) is 24.3 Å². The zero-order valence-corrected chi connectivity index (χ0v) is 16.3. The van der Waals surface area contributed by atoms with Crippen LogP contribution in [0.3, 0.4) is 0 Å². The fourth-order valence-electron chi connectivity index (χ4n) is 3.17. The monoisotopic (exact) mass is 428 g/mol. The van der Waals surface area contributed by atoms with Gasteiger partial charge in [-0.1, -0.05) is 0 Å². The van der Waals surface area contributed by atoms with E-state index in [9.17, 15) is 26.4 Å². The molecule has 1 saturated heterocycles. The maximum Gasteiger partial charge on any atom is 0.246 e. The second-order valence-corrected chi connectivity index (χ2v) is 8.50. The number of methoxy groups -OCH3 is 1. The minimum Gasteiger partial charge on any atom is -0.495 e. The number of sulfonamides is 1. The minimum absolute atomic E-state index is 0.0320. The number of carbonyl (C=O) groups excluding carboxylic acids is 1. The van der Waals surface area contributed by atoms with Gasteiger partial charge in [-0.05, 0) is 43.2 Å². The van der Waals surface area contributed by atoms with Gasteiger partial charge in [-0.15, -0.1) is 0 Å². The zero-order valence-electron chi connectivity index (χ0n) is 15.5. The number of amides is 1. The lowest BCUT2D eigenvalue weighted by Gasteiger charge is -2.30. The van der Waals surface area contributed by atoms with E-state index in [1.165, 1.54) is 23.5 Å². The highest BCUT2D eigenvalue weighted by Crippen LogP contribution is 2.30. The van der Waals surface area contributed by atoms with Crippen molar-refractivity contribution >= 4 is 21.6 Å². The van der Waals surface area contributed by atoms with E-state index in [1.54, 1.807) is 0 Å². The van der Waals surface area contributed by atoms with Crippen molar-refractivity contribution in [2.24, 2.45) is 5.92 Å². The van der Waals surface area contributed by atoms with E-state index in [0.29, 0.717) is 0 Å². The molecule has 1 aliphatic heterocycles. The van der Waals surface area contributed by atoms with Crippen LogP contribution < -0.4 is 10.1 Å². The third kappa shape index (κ3) is 4.54. The third-order valence-electron chi connectivity index (χ3n) is 4.76. The molecule has 10 heteroatoms. The van der Waals surface area contributed by atoms with E-state index in [1.807, 2.05) is 0 Å². The van der Waals surface area contributed by atoms with Gasteiger partial charge in [0.25, 0.3) is 0 Å². The molecule has 1 heterocycles. The van der Waals surface area contributed by atoms with Crippen LogP contribution in [0.5, 0.6) is 5.75 Å². The van der Waals surface area contributed by atoms with Crippen LogP contribution in [0, 0.1) is 23.4 Å². The van der Waals surface area contributed by atoms with E-state index < -0.39 is 39.3 Å². The van der Waals surface area contributed by atoms with Crippen molar-refractivity contribution in [1.82, 2.24) is 4.31 Å². The molecule has 0 atom stereocenters. The second kappa shape index (κ2) is 8.42. The summed E-state index contributed by atoms with van der Waals surface area (Å²) in [6.07, 6.45) is 0.457. The van der Waals surface area contributed by atoms with Crippen molar-refractivity contribution in [3.05, 3.63) is 53.8 Å². The van der Waals surface area contributed by atoms with Gasteiger partial charge in [-0.25, -0.2) is 21.6 Å². The Bertz CT molecular complexity index is 1020. The molecular weight excluding hydrogens is 409 g/mol. The molecule has 0 saturated carbocycles. The normalized spacial score (nSPS) is 15.9. The number of anilines is 1. The molecule has 0 aromatic heterocycles. The Hall–Kier alpha value is -2.59. The first-order valence-corrected chi connectivity index (χ1v) is 10.3. The molecular formula is C19H19F3N2O4S. The predicted octanol–water partition coefficient (Wildman–Crippen LogP) is 3.15. The molecule has 1 N–H and O–H groups in total. The van der Waals surface area contributed by atoms with Crippen molar-refractivity contribution < 1.29 is 31.1 Å². The number of nitrogens with zero attached hydrogens (tertiary/aromatic N) is 1. The summed E-state index contributed by atoms with van der Waals surface area (Å²) in [5.74, 6) is -3.67. The Morgan fingerprint density at radius 2 is 1.76 bits per heavy atom. The molecule has 0 bridgehead atoms. The number of nitrogens with one attached hydrogen (secondary N) is 1. The Kier molecular flexibility index (Phi) is 6.13. The van der Waals surface area contributed by atoms with Crippen LogP contribution in [0.1, 0.15) is 12.8 Å². The van der Waals surface area contributed by atoms with Crippen molar-refractivity contribution in [1.29, 1.82) is 0 Å². The topological polar surface area (TPSA) is 75.7 Å². The SMILES string of the molecule is COc1ccc(F)cc1S(=O)(=O)N1CCC(C(=O)Nc2ccc(F)c(F)c2)CC1. The van der Waals surface area contributed by atoms with Crippen LogP contribution in [0.4, 0.5) is 18.9 Å². The number of hydrogen-bond donors (Lipinski definition) is 1. The quantitative estimate of drug-likeness (QED) is 0.794. The fourth-order valence-corrected chi connectivity index (χ4v) is 4.80. The van der Waals surface area contributed by atoms with Crippen LogP contribution in [0.15, 0.2) is 41.3 Å². The average molecular weight is 428 g/mol. The van der Waals surface area contributed by atoms with Gasteiger partial charge in [0.15, 0.2) is 11.6 Å². The van der Waals surface area contributed by atoms with Crippen LogP contribution >= 0.6 is 0 Å². The number of piperidine rings is 1. The summed E-state index contributed by atoms with van der Waals surface area (Å²) in [5.41, 5.74) is 0.119. The van der Waals surface area contributed by atoms with Crippen molar-refractivity contribution in [3.63, 3.8) is 0 Å². The van der Waals surface area contributed by atoms with Crippen LogP contribution in [0.25, 0.3) is 0 Å². The lowest BCUT2D eigenvalue weighted by atomic mass is 9.97. The largest absolute Gasteiger partial charge is 0.495 e. The van der Waals surface area contributed by atoms with Gasteiger partial charge in [0, 0.05) is 30.8 Å². The molecule has 2 aromatic rings. The molecule has 0 spiro atoms. The highest BCUT2D eigenvalue weighted by atomic mass is 32.2. The molecule has 156 valence electrons. The number of carbonyl (C=O) groups is 1. The zero-order chi connectivity index (χ0) is 21.2. The molecule has 29 heavy (non-hydrogen) atoms. The summed E-state index contributed by atoms with van der Waals surface area (Å²) in [6, 6.07) is 6.27. The van der Waals surface area contributed by atoms with Gasteiger partial charge in [0.05, 0.1) is 7.11 Å². The standard InChI is InChI=1S/C19H19F3N2O4S/c1-28-17-5-2-13(20)10-18(17)29(26,27)24-8-6-12(7-9-24)19(25)23-14-3-4-15(21)16(22)11-14/h2-5,10-12H,6-9H2,1H3,(H,23,25). The summed E-state index contributed by atoms with van der Waals surface area (Å²) in [4.78, 5) is 12.1. The van der Waals surface area contributed by atoms with Crippen molar-refractivity contribution in [2.45, 2.75) is 17.7 Å². The Balaban J connectivity index is 1.67. The molecule has 6 nitrogen and oxygen atoms in total. The van der Waals surface area contributed by atoms with Gasteiger partial charge in [0.1, 0.15) is 16.5 Å². The maximum absolute atomic E-state index is 13.6. The minimum atomic E-state index is -4.00. The van der Waals surface area contributed by atoms with E-state index in [-0.39, 0.29) is 42.3 Å². The predicted molar refractivity (Wildman–Crippen MR) is 99.4 cm³/mol. The van der Waals surface area contributed by atoms with Gasteiger partial charge in [-0.3, -0.25) is 4.79 Å². The number of hydrogen-bond acceptors (Lipinski definition) is 4. The van der Waals surface area contributed by atoms with Crippen LogP contribution in [-0.2, 0) is 14.8 Å². The Labute approximate surface area is 166 Å². The summed E-state index contributed by atoms with van der Waals surface area (Å²) < 4.78 is 71.7. The van der Waals surface area contributed by atoms with Crippen molar-refractivity contribution in [2.75, 3.05) is 25.5 Å². The molecule has 0 radical (unpaired) electrons. The molecule has 1 fully saturated rings. The number of benzene rings is 2. The van der Waals surface area contributed by atoms with E-state index in [4.69, 9.17) is 4.74 Å². The van der Waals surface area contributed by atoms with Gasteiger partial charge in [0.2, 0.25) is 15.9 Å². The van der Waals surface area contributed by atoms with E-state index >= 15 is 0 Å². The van der Waals surface area contributed by atoms with Gasteiger partial charge in [-0.2, -0.15) is 4.31 Å². The Morgan fingerprint density at radius 3 is 2.38 bits per heavy atom. The van der Waals surface area contributed by atoms with Crippen LogP contribution in [-0.4, -0.2) is 38.8 Å². The van der Waals surface area contributed by atoms with Gasteiger partial charge >= 0.3 is 0 Å². The number of rotatable bonds is 5. The van der Waals surface area contributed by atoms with E-state index in [2.05, 4.69) is 5.32 Å². The fraction of sp³-hybridized carbons (Fsp3) is 0.316. The highest BCUT2D eigenvalue weighted by Gasteiger charge is 2.34. The second-order valence-electron chi connectivity index (χ2n) is 6.59. The summed E-state index contributed by atoms with van der Waals surface area (Å²) in [6.45, 7) is 0.107. The molecule has 3 rings (SSSR count). The maximum atomic E-state index is 13.6. The lowest BCUT2D eigenvalue weighted by Crippen LogP contribution is -2.41. The van der Waals surface area contributed by atoms with Crippen molar-refractivity contribution in [3.8, 4) is 5.75 Å². The highest BCUT2D eigenvalue weighted by molar-refractivity contribution is 7.89.